The summed E-state index contributed by atoms with van der Waals surface area (Å²) in [5, 5.41) is 4.67. The molecule has 0 radical (unpaired) electrons. The largest absolute Gasteiger partial charge is 0.497 e. The Balaban J connectivity index is 1.51. The van der Waals surface area contributed by atoms with Crippen molar-refractivity contribution in [1.29, 1.82) is 0 Å². The minimum Gasteiger partial charge on any atom is -0.497 e. The van der Waals surface area contributed by atoms with Crippen LogP contribution < -0.4 is 9.64 Å². The third-order valence-corrected chi connectivity index (χ3v) is 8.74. The third kappa shape index (κ3) is 4.30. The minimum absolute atomic E-state index is 0.0727. The smallest absolute Gasteiger partial charge is 0.227 e. The Hall–Kier alpha value is -2.97. The molecule has 2 aromatic heterocycles. The summed E-state index contributed by atoms with van der Waals surface area (Å²) >= 11 is 8.41. The van der Waals surface area contributed by atoms with E-state index in [1.165, 1.54) is 0 Å². The van der Waals surface area contributed by atoms with Gasteiger partial charge in [0, 0.05) is 34.8 Å². The van der Waals surface area contributed by atoms with Crippen molar-refractivity contribution in [2.45, 2.75) is 51.6 Å². The van der Waals surface area contributed by atoms with E-state index in [4.69, 9.17) is 25.8 Å². The maximum atomic E-state index is 13.2. The Morgan fingerprint density at radius 1 is 1.11 bits per heavy atom. The van der Waals surface area contributed by atoms with Gasteiger partial charge < -0.3 is 18.7 Å². The fraction of sp³-hybridized carbons (Fsp3) is 0.393. The standard InChI is InChI=1S/C28H29ClN4O3S/c1-16-27(17(2)36-31-16)18-4-5-24-23(12-18)30-28(33(24)20-8-10-37-11-9-20)25-6-7-26(34)32(25)21-13-19(29)14-22(15-21)35-3/h4-5,12-15,20,25H,6-11H2,1-3H3. The Bertz CT molecular complexity index is 1470. The molecular formula is C28H29ClN4O3S. The summed E-state index contributed by atoms with van der Waals surface area (Å²) in [5.74, 6) is 4.68. The van der Waals surface area contributed by atoms with Crippen LogP contribution in [0, 0.1) is 13.8 Å². The Morgan fingerprint density at radius 2 is 1.92 bits per heavy atom. The molecule has 2 saturated heterocycles. The van der Waals surface area contributed by atoms with E-state index in [-0.39, 0.29) is 11.9 Å². The molecule has 2 fully saturated rings. The van der Waals surface area contributed by atoms with Crippen LogP contribution in [0.1, 0.15) is 55.0 Å². The van der Waals surface area contributed by atoms with Gasteiger partial charge in [0.15, 0.2) is 0 Å². The number of halogens is 1. The molecule has 37 heavy (non-hydrogen) atoms. The maximum Gasteiger partial charge on any atom is 0.227 e. The zero-order valence-electron chi connectivity index (χ0n) is 21.2. The van der Waals surface area contributed by atoms with Crippen LogP contribution in [0.3, 0.4) is 0 Å². The lowest BCUT2D eigenvalue weighted by molar-refractivity contribution is -0.117. The quantitative estimate of drug-likeness (QED) is 0.276. The number of rotatable bonds is 5. The molecule has 0 aliphatic carbocycles. The lowest BCUT2D eigenvalue weighted by atomic mass is 10.0. The van der Waals surface area contributed by atoms with Gasteiger partial charge in [0.2, 0.25) is 5.91 Å². The van der Waals surface area contributed by atoms with Crippen molar-refractivity contribution in [3.05, 3.63) is 58.7 Å². The first-order valence-electron chi connectivity index (χ1n) is 12.6. The highest BCUT2D eigenvalue weighted by Crippen LogP contribution is 2.43. The SMILES string of the molecule is COc1cc(Cl)cc(N2C(=O)CCC2c2nc3cc(-c4c(C)noc4C)ccc3n2C2CCSCC2)c1. The number of methoxy groups -OCH3 is 1. The highest BCUT2D eigenvalue weighted by molar-refractivity contribution is 7.99. The number of ether oxygens (including phenoxy) is 1. The zero-order valence-corrected chi connectivity index (χ0v) is 22.7. The summed E-state index contributed by atoms with van der Waals surface area (Å²) in [6.45, 7) is 3.89. The zero-order chi connectivity index (χ0) is 25.7. The Kier molecular flexibility index (Phi) is 6.41. The van der Waals surface area contributed by atoms with E-state index in [2.05, 4.69) is 27.9 Å². The van der Waals surface area contributed by atoms with Crippen LogP contribution in [0.15, 0.2) is 40.9 Å². The molecule has 4 heterocycles. The Labute approximate surface area is 225 Å². The maximum absolute atomic E-state index is 13.2. The number of anilines is 1. The second-order valence-corrected chi connectivity index (χ2v) is 11.4. The fourth-order valence-electron chi connectivity index (χ4n) is 5.79. The molecule has 9 heteroatoms. The molecule has 2 aromatic carbocycles. The van der Waals surface area contributed by atoms with Crippen molar-refractivity contribution in [3.8, 4) is 16.9 Å². The monoisotopic (exact) mass is 536 g/mol. The first-order valence-corrected chi connectivity index (χ1v) is 14.2. The number of amides is 1. The molecule has 192 valence electrons. The lowest BCUT2D eigenvalue weighted by Gasteiger charge is -2.30. The first-order chi connectivity index (χ1) is 17.9. The molecule has 0 N–H and O–H groups in total. The predicted molar refractivity (Wildman–Crippen MR) is 148 cm³/mol. The van der Waals surface area contributed by atoms with E-state index in [1.54, 1.807) is 13.2 Å². The molecule has 0 spiro atoms. The predicted octanol–water partition coefficient (Wildman–Crippen LogP) is 6.91. The number of benzene rings is 2. The third-order valence-electron chi connectivity index (χ3n) is 7.47. The van der Waals surface area contributed by atoms with E-state index in [1.807, 2.05) is 42.6 Å². The molecule has 2 aliphatic rings. The van der Waals surface area contributed by atoms with Crippen LogP contribution in [0.5, 0.6) is 5.75 Å². The highest BCUT2D eigenvalue weighted by atomic mass is 35.5. The van der Waals surface area contributed by atoms with Crippen molar-refractivity contribution in [1.82, 2.24) is 14.7 Å². The normalized spacial score (nSPS) is 18.8. The van der Waals surface area contributed by atoms with Gasteiger partial charge in [0.25, 0.3) is 0 Å². The summed E-state index contributed by atoms with van der Waals surface area (Å²) in [6, 6.07) is 12.1. The van der Waals surface area contributed by atoms with Gasteiger partial charge in [-0.2, -0.15) is 11.8 Å². The van der Waals surface area contributed by atoms with Crippen molar-refractivity contribution in [3.63, 3.8) is 0 Å². The summed E-state index contributed by atoms with van der Waals surface area (Å²) < 4.78 is 13.3. The number of thioether (sulfide) groups is 1. The average Bonchev–Trinajstić information content (AvgIpc) is 3.57. The van der Waals surface area contributed by atoms with Crippen LogP contribution >= 0.6 is 23.4 Å². The molecule has 7 nitrogen and oxygen atoms in total. The van der Waals surface area contributed by atoms with Gasteiger partial charge in [-0.3, -0.25) is 4.79 Å². The number of fused-ring (bicyclic) bond motifs is 1. The van der Waals surface area contributed by atoms with Crippen LogP contribution in [0.25, 0.3) is 22.2 Å². The number of hydrogen-bond acceptors (Lipinski definition) is 6. The van der Waals surface area contributed by atoms with Gasteiger partial charge in [0.05, 0.1) is 29.9 Å². The molecule has 1 atom stereocenters. The summed E-state index contributed by atoms with van der Waals surface area (Å²) in [5.41, 5.74) is 5.68. The number of aryl methyl sites for hydroxylation is 2. The number of carbonyl (C=O) groups is 1. The van der Waals surface area contributed by atoms with Crippen LogP contribution in [0.4, 0.5) is 5.69 Å². The number of aromatic nitrogens is 3. The molecule has 0 saturated carbocycles. The molecule has 6 rings (SSSR count). The second-order valence-electron chi connectivity index (χ2n) is 9.75. The van der Waals surface area contributed by atoms with Gasteiger partial charge in [0.1, 0.15) is 17.3 Å². The molecule has 2 aliphatic heterocycles. The molecule has 1 unspecified atom stereocenters. The van der Waals surface area contributed by atoms with Crippen LogP contribution in [-0.4, -0.2) is 39.2 Å². The summed E-state index contributed by atoms with van der Waals surface area (Å²) in [4.78, 5) is 20.3. The second kappa shape index (κ2) is 9.72. The summed E-state index contributed by atoms with van der Waals surface area (Å²) in [7, 11) is 1.61. The molecule has 0 bridgehead atoms. The van der Waals surface area contributed by atoms with E-state index in [0.29, 0.717) is 29.7 Å². The van der Waals surface area contributed by atoms with Crippen molar-refractivity contribution < 1.29 is 14.1 Å². The Morgan fingerprint density at radius 3 is 2.65 bits per heavy atom. The van der Waals surface area contributed by atoms with E-state index in [9.17, 15) is 4.79 Å². The van der Waals surface area contributed by atoms with E-state index >= 15 is 0 Å². The number of nitrogens with zero attached hydrogens (tertiary/aromatic N) is 4. The van der Waals surface area contributed by atoms with Gasteiger partial charge in [-0.1, -0.05) is 22.8 Å². The van der Waals surface area contributed by atoms with E-state index in [0.717, 1.165) is 69.5 Å². The van der Waals surface area contributed by atoms with Crippen LogP contribution in [0.2, 0.25) is 5.02 Å². The molecule has 4 aromatic rings. The molecular weight excluding hydrogens is 508 g/mol. The van der Waals surface area contributed by atoms with Crippen molar-refractivity contribution in [2.24, 2.45) is 0 Å². The molecule has 1 amide bonds. The van der Waals surface area contributed by atoms with Gasteiger partial charge in [-0.05, 0) is 74.4 Å². The average molecular weight is 537 g/mol. The summed E-state index contributed by atoms with van der Waals surface area (Å²) in [6.07, 6.45) is 3.34. The van der Waals surface area contributed by atoms with E-state index < -0.39 is 0 Å². The number of imidazole rings is 1. The van der Waals surface area contributed by atoms with Crippen LogP contribution in [-0.2, 0) is 4.79 Å². The van der Waals surface area contributed by atoms with Gasteiger partial charge in [-0.25, -0.2) is 4.98 Å². The topological polar surface area (TPSA) is 73.4 Å². The van der Waals surface area contributed by atoms with Crippen molar-refractivity contribution in [2.75, 3.05) is 23.5 Å². The minimum atomic E-state index is -0.180. The van der Waals surface area contributed by atoms with Gasteiger partial charge in [-0.15, -0.1) is 0 Å². The highest BCUT2D eigenvalue weighted by Gasteiger charge is 2.38. The fourth-order valence-corrected chi connectivity index (χ4v) is 7.09. The van der Waals surface area contributed by atoms with Crippen molar-refractivity contribution >= 4 is 46.0 Å². The first kappa shape index (κ1) is 24.4. The number of hydrogen-bond donors (Lipinski definition) is 0. The lowest BCUT2D eigenvalue weighted by Crippen LogP contribution is -2.30. The number of carbonyl (C=O) groups excluding carboxylic acids is 1. The van der Waals surface area contributed by atoms with Gasteiger partial charge >= 0.3 is 0 Å².